The summed E-state index contributed by atoms with van der Waals surface area (Å²) in [6.07, 6.45) is 0.666. The molecule has 0 aliphatic carbocycles. The number of anilines is 1. The Kier molecular flexibility index (Phi) is 5.12. The largest absolute Gasteiger partial charge is 0.474 e. The van der Waals surface area contributed by atoms with E-state index in [4.69, 9.17) is 9.47 Å². The maximum absolute atomic E-state index is 10.9. The topological polar surface area (TPSA) is 68.6 Å². The number of carbonyl (C=O) groups is 1. The Balaban J connectivity index is 1.79. The van der Waals surface area contributed by atoms with Crippen LogP contribution < -0.4 is 10.1 Å². The molecule has 1 fully saturated rings. The lowest BCUT2D eigenvalue weighted by Gasteiger charge is -2.29. The summed E-state index contributed by atoms with van der Waals surface area (Å²) in [5.74, 6) is 1.10. The highest BCUT2D eigenvalue weighted by Crippen LogP contribution is 2.28. The lowest BCUT2D eigenvalue weighted by Crippen LogP contribution is -2.42. The molecule has 1 aliphatic heterocycles. The summed E-state index contributed by atoms with van der Waals surface area (Å²) in [6.45, 7) is 4.78. The average molecular weight is 330 g/mol. The standard InChI is InChI=1S/C17H22N4O3/c1-13-16(18-12-22)21(14-6-4-3-5-7-14)19-17(13)24-11-15-10-20(2)8-9-23-15/h3-7,12,15H,8-11H2,1-2H3,(H,18,22). The first kappa shape index (κ1) is 16.5. The highest BCUT2D eigenvalue weighted by molar-refractivity contribution is 5.73. The molecule has 1 amide bonds. The average Bonchev–Trinajstić information content (AvgIpc) is 2.91. The molecule has 24 heavy (non-hydrogen) atoms. The predicted octanol–water partition coefficient (Wildman–Crippen LogP) is 1.46. The van der Waals surface area contributed by atoms with Gasteiger partial charge in [0.05, 0.1) is 17.9 Å². The van der Waals surface area contributed by atoms with Crippen molar-refractivity contribution in [3.8, 4) is 11.6 Å². The maximum Gasteiger partial charge on any atom is 0.238 e. The Morgan fingerprint density at radius 2 is 2.21 bits per heavy atom. The number of morpholine rings is 1. The maximum atomic E-state index is 10.9. The number of ether oxygens (including phenoxy) is 2. The van der Waals surface area contributed by atoms with Gasteiger partial charge in [0, 0.05) is 13.1 Å². The van der Waals surface area contributed by atoms with Crippen LogP contribution in [0.5, 0.6) is 5.88 Å². The van der Waals surface area contributed by atoms with Crippen LogP contribution in [0.2, 0.25) is 0 Å². The van der Waals surface area contributed by atoms with Crippen molar-refractivity contribution in [2.45, 2.75) is 13.0 Å². The first-order valence-electron chi connectivity index (χ1n) is 7.97. The highest BCUT2D eigenvalue weighted by atomic mass is 16.5. The van der Waals surface area contributed by atoms with E-state index in [0.29, 0.717) is 31.3 Å². The SMILES string of the molecule is Cc1c(OCC2CN(C)CCO2)nn(-c2ccccc2)c1NC=O. The third-order valence-electron chi connectivity index (χ3n) is 4.02. The molecule has 0 saturated carbocycles. The molecule has 0 bridgehead atoms. The van der Waals surface area contributed by atoms with Gasteiger partial charge >= 0.3 is 0 Å². The third kappa shape index (κ3) is 3.58. The molecule has 0 spiro atoms. The Hall–Kier alpha value is -2.38. The van der Waals surface area contributed by atoms with E-state index in [1.807, 2.05) is 37.3 Å². The number of amides is 1. The number of benzene rings is 1. The third-order valence-corrected chi connectivity index (χ3v) is 4.02. The first-order valence-corrected chi connectivity index (χ1v) is 7.97. The van der Waals surface area contributed by atoms with E-state index < -0.39 is 0 Å². The summed E-state index contributed by atoms with van der Waals surface area (Å²) < 4.78 is 13.3. The minimum absolute atomic E-state index is 0.0208. The zero-order valence-electron chi connectivity index (χ0n) is 13.9. The molecule has 1 atom stereocenters. The van der Waals surface area contributed by atoms with Gasteiger partial charge in [-0.1, -0.05) is 18.2 Å². The van der Waals surface area contributed by atoms with Crippen LogP contribution in [0.1, 0.15) is 5.56 Å². The fourth-order valence-electron chi connectivity index (χ4n) is 2.73. The van der Waals surface area contributed by atoms with E-state index in [9.17, 15) is 4.79 Å². The van der Waals surface area contributed by atoms with Gasteiger partial charge in [-0.2, -0.15) is 0 Å². The number of para-hydroxylation sites is 1. The predicted molar refractivity (Wildman–Crippen MR) is 90.7 cm³/mol. The van der Waals surface area contributed by atoms with Crippen LogP contribution in [0.25, 0.3) is 5.69 Å². The van der Waals surface area contributed by atoms with Gasteiger partial charge in [0.15, 0.2) is 0 Å². The van der Waals surface area contributed by atoms with Crippen molar-refractivity contribution >= 4 is 12.2 Å². The summed E-state index contributed by atoms with van der Waals surface area (Å²) >= 11 is 0. The van der Waals surface area contributed by atoms with Crippen molar-refractivity contribution in [3.63, 3.8) is 0 Å². The Labute approximate surface area is 141 Å². The monoisotopic (exact) mass is 330 g/mol. The van der Waals surface area contributed by atoms with Crippen LogP contribution in [0.15, 0.2) is 30.3 Å². The van der Waals surface area contributed by atoms with Gasteiger partial charge in [0.1, 0.15) is 18.5 Å². The smallest absolute Gasteiger partial charge is 0.238 e. The van der Waals surface area contributed by atoms with Gasteiger partial charge in [0.25, 0.3) is 0 Å². The minimum Gasteiger partial charge on any atom is -0.474 e. The van der Waals surface area contributed by atoms with Crippen LogP contribution >= 0.6 is 0 Å². The van der Waals surface area contributed by atoms with E-state index in [0.717, 1.165) is 24.3 Å². The van der Waals surface area contributed by atoms with Gasteiger partial charge < -0.3 is 19.7 Å². The molecule has 7 nitrogen and oxygen atoms in total. The van der Waals surface area contributed by atoms with Gasteiger partial charge in [-0.05, 0) is 26.1 Å². The molecule has 1 aliphatic rings. The number of nitrogens with zero attached hydrogens (tertiary/aromatic N) is 3. The molecule has 1 saturated heterocycles. The van der Waals surface area contributed by atoms with Crippen LogP contribution in [0.3, 0.4) is 0 Å². The number of carbonyl (C=O) groups excluding carboxylic acids is 1. The molecule has 1 aromatic heterocycles. The lowest BCUT2D eigenvalue weighted by molar-refractivity contribution is -0.105. The Morgan fingerprint density at radius 1 is 1.42 bits per heavy atom. The van der Waals surface area contributed by atoms with E-state index in [-0.39, 0.29) is 6.10 Å². The van der Waals surface area contributed by atoms with Gasteiger partial charge in [-0.25, -0.2) is 4.68 Å². The number of aromatic nitrogens is 2. The Morgan fingerprint density at radius 3 is 2.92 bits per heavy atom. The zero-order valence-corrected chi connectivity index (χ0v) is 13.9. The van der Waals surface area contributed by atoms with Crippen molar-refractivity contribution in [3.05, 3.63) is 35.9 Å². The van der Waals surface area contributed by atoms with Crippen molar-refractivity contribution in [2.75, 3.05) is 38.7 Å². The number of rotatable bonds is 6. The summed E-state index contributed by atoms with van der Waals surface area (Å²) in [6, 6.07) is 9.62. The lowest BCUT2D eigenvalue weighted by atomic mass is 10.3. The number of hydrogen-bond acceptors (Lipinski definition) is 5. The summed E-state index contributed by atoms with van der Waals surface area (Å²) in [5.41, 5.74) is 1.64. The molecular formula is C17H22N4O3. The minimum atomic E-state index is 0.0208. The van der Waals surface area contributed by atoms with Crippen LogP contribution in [0.4, 0.5) is 5.82 Å². The fourth-order valence-corrected chi connectivity index (χ4v) is 2.73. The molecule has 1 unspecified atom stereocenters. The van der Waals surface area contributed by atoms with Crippen LogP contribution in [0, 0.1) is 6.92 Å². The highest BCUT2D eigenvalue weighted by Gasteiger charge is 2.21. The van der Waals surface area contributed by atoms with E-state index in [1.54, 1.807) is 4.68 Å². The molecule has 0 radical (unpaired) electrons. The van der Waals surface area contributed by atoms with E-state index in [1.165, 1.54) is 0 Å². The van der Waals surface area contributed by atoms with Crippen LogP contribution in [-0.2, 0) is 9.53 Å². The van der Waals surface area contributed by atoms with E-state index in [2.05, 4.69) is 22.4 Å². The number of nitrogens with one attached hydrogen (secondary N) is 1. The molecular weight excluding hydrogens is 308 g/mol. The van der Waals surface area contributed by atoms with Crippen molar-refractivity contribution in [1.82, 2.24) is 14.7 Å². The summed E-state index contributed by atoms with van der Waals surface area (Å²) in [7, 11) is 2.07. The fraction of sp³-hybridized carbons (Fsp3) is 0.412. The van der Waals surface area contributed by atoms with E-state index >= 15 is 0 Å². The quantitative estimate of drug-likeness (QED) is 0.812. The molecule has 1 aromatic carbocycles. The zero-order chi connectivity index (χ0) is 16.9. The second-order valence-corrected chi connectivity index (χ2v) is 5.85. The second kappa shape index (κ2) is 7.46. The van der Waals surface area contributed by atoms with Gasteiger partial charge in [-0.3, -0.25) is 4.79 Å². The summed E-state index contributed by atoms with van der Waals surface area (Å²) in [4.78, 5) is 13.2. The van der Waals surface area contributed by atoms with Crippen molar-refractivity contribution in [2.24, 2.45) is 0 Å². The molecule has 2 aromatic rings. The molecule has 1 N–H and O–H groups in total. The van der Waals surface area contributed by atoms with Gasteiger partial charge in [0.2, 0.25) is 12.3 Å². The van der Waals surface area contributed by atoms with Crippen molar-refractivity contribution in [1.29, 1.82) is 0 Å². The Bertz CT molecular complexity index is 687. The second-order valence-electron chi connectivity index (χ2n) is 5.85. The van der Waals surface area contributed by atoms with Crippen molar-refractivity contribution < 1.29 is 14.3 Å². The molecule has 2 heterocycles. The molecule has 128 valence electrons. The number of hydrogen-bond donors (Lipinski definition) is 1. The summed E-state index contributed by atoms with van der Waals surface area (Å²) in [5, 5.41) is 7.21. The molecule has 3 rings (SSSR count). The van der Waals surface area contributed by atoms with Gasteiger partial charge in [-0.15, -0.1) is 5.10 Å². The molecule has 7 heteroatoms. The number of likely N-dealkylation sites (N-methyl/N-ethyl adjacent to an activating group) is 1. The first-order chi connectivity index (χ1) is 11.7. The normalized spacial score (nSPS) is 18.3. The van der Waals surface area contributed by atoms with Crippen LogP contribution in [-0.4, -0.2) is 60.5 Å².